The average molecular weight is 149 g/mol. The Bertz CT molecular complexity index is 368. The molecule has 56 valence electrons. The van der Waals surface area contributed by atoms with Gasteiger partial charge in [0.25, 0.3) is 0 Å². The van der Waals surface area contributed by atoms with Crippen molar-refractivity contribution in [1.82, 2.24) is 10.1 Å². The van der Waals surface area contributed by atoms with E-state index in [1.165, 1.54) is 0 Å². The molecule has 2 aromatic heterocycles. The van der Waals surface area contributed by atoms with Crippen LogP contribution in [-0.2, 0) is 6.54 Å². The van der Waals surface area contributed by atoms with Gasteiger partial charge in [0.15, 0.2) is 5.58 Å². The molecule has 0 unspecified atom stereocenters. The molecule has 0 atom stereocenters. The molecular weight excluding hydrogens is 142 g/mol. The predicted octanol–water partition coefficient (Wildman–Crippen LogP) is 0.681. The second kappa shape index (κ2) is 2.32. The molecule has 0 aliphatic rings. The quantitative estimate of drug-likeness (QED) is 0.647. The number of fused-ring (bicyclic) bond motifs is 1. The van der Waals surface area contributed by atoms with Crippen LogP contribution >= 0.6 is 0 Å². The summed E-state index contributed by atoms with van der Waals surface area (Å²) in [6.45, 7) is 0.400. The van der Waals surface area contributed by atoms with Crippen LogP contribution in [0.2, 0.25) is 0 Å². The van der Waals surface area contributed by atoms with Crippen LogP contribution in [0.1, 0.15) is 5.69 Å². The molecule has 4 heteroatoms. The van der Waals surface area contributed by atoms with Crippen molar-refractivity contribution in [3.05, 3.63) is 24.2 Å². The summed E-state index contributed by atoms with van der Waals surface area (Å²) in [5, 5.41) is 4.72. The van der Waals surface area contributed by atoms with Crippen LogP contribution in [0.5, 0.6) is 0 Å². The number of rotatable bonds is 1. The Hall–Kier alpha value is -1.42. The minimum Gasteiger partial charge on any atom is -0.354 e. The third-order valence-corrected chi connectivity index (χ3v) is 1.54. The van der Waals surface area contributed by atoms with Crippen molar-refractivity contribution < 1.29 is 4.52 Å². The first kappa shape index (κ1) is 6.30. The highest BCUT2D eigenvalue weighted by Gasteiger charge is 2.03. The lowest BCUT2D eigenvalue weighted by atomic mass is 10.2. The van der Waals surface area contributed by atoms with E-state index in [2.05, 4.69) is 10.1 Å². The Balaban J connectivity index is 2.76. The van der Waals surface area contributed by atoms with Gasteiger partial charge in [-0.25, -0.2) is 0 Å². The molecule has 0 aromatic carbocycles. The summed E-state index contributed by atoms with van der Waals surface area (Å²) in [5.41, 5.74) is 6.89. The topological polar surface area (TPSA) is 64.9 Å². The molecule has 2 rings (SSSR count). The number of pyridine rings is 1. The molecule has 0 saturated heterocycles. The first-order valence-corrected chi connectivity index (χ1v) is 3.30. The summed E-state index contributed by atoms with van der Waals surface area (Å²) in [5.74, 6) is 0. The van der Waals surface area contributed by atoms with Crippen molar-refractivity contribution in [2.24, 2.45) is 5.73 Å². The standard InChI is InChI=1S/C7H7N3O/c8-3-6-5-1-2-9-4-7(5)11-10-6/h1-2,4H,3,8H2. The van der Waals surface area contributed by atoms with Gasteiger partial charge in [0.05, 0.1) is 6.20 Å². The monoisotopic (exact) mass is 149 g/mol. The fourth-order valence-corrected chi connectivity index (χ4v) is 0.992. The molecule has 4 nitrogen and oxygen atoms in total. The maximum absolute atomic E-state index is 5.42. The number of aromatic nitrogens is 2. The minimum atomic E-state index is 0.400. The van der Waals surface area contributed by atoms with Gasteiger partial charge in [-0.15, -0.1) is 0 Å². The highest BCUT2D eigenvalue weighted by atomic mass is 16.5. The van der Waals surface area contributed by atoms with Gasteiger partial charge < -0.3 is 10.3 Å². The Morgan fingerprint density at radius 3 is 3.27 bits per heavy atom. The van der Waals surface area contributed by atoms with Crippen LogP contribution < -0.4 is 5.73 Å². The van der Waals surface area contributed by atoms with E-state index in [4.69, 9.17) is 10.3 Å². The molecule has 0 fully saturated rings. The van der Waals surface area contributed by atoms with Crippen molar-refractivity contribution in [2.45, 2.75) is 6.54 Å². The maximum Gasteiger partial charge on any atom is 0.185 e. The van der Waals surface area contributed by atoms with Crippen LogP contribution in [0.25, 0.3) is 11.0 Å². The zero-order chi connectivity index (χ0) is 7.68. The van der Waals surface area contributed by atoms with Crippen molar-refractivity contribution in [1.29, 1.82) is 0 Å². The summed E-state index contributed by atoms with van der Waals surface area (Å²) in [6, 6.07) is 1.84. The molecule has 0 amide bonds. The number of hydrogen-bond acceptors (Lipinski definition) is 4. The minimum absolute atomic E-state index is 0.400. The lowest BCUT2D eigenvalue weighted by Gasteiger charge is -1.85. The SMILES string of the molecule is NCc1noc2cnccc12. The Morgan fingerprint density at radius 1 is 1.55 bits per heavy atom. The van der Waals surface area contributed by atoms with E-state index < -0.39 is 0 Å². The molecule has 0 saturated carbocycles. The molecule has 0 bridgehead atoms. The largest absolute Gasteiger partial charge is 0.354 e. The summed E-state index contributed by atoms with van der Waals surface area (Å²) >= 11 is 0. The fraction of sp³-hybridized carbons (Fsp3) is 0.143. The van der Waals surface area contributed by atoms with Crippen molar-refractivity contribution >= 4 is 11.0 Å². The van der Waals surface area contributed by atoms with E-state index in [1.807, 2.05) is 6.07 Å². The molecule has 2 aromatic rings. The van der Waals surface area contributed by atoms with Crippen LogP contribution in [0.15, 0.2) is 23.0 Å². The predicted molar refractivity (Wildman–Crippen MR) is 39.7 cm³/mol. The Kier molecular flexibility index (Phi) is 1.33. The van der Waals surface area contributed by atoms with Crippen molar-refractivity contribution in [3.63, 3.8) is 0 Å². The zero-order valence-corrected chi connectivity index (χ0v) is 5.82. The molecule has 0 radical (unpaired) electrons. The van der Waals surface area contributed by atoms with Crippen LogP contribution in [0.4, 0.5) is 0 Å². The number of nitrogens with two attached hydrogens (primary N) is 1. The molecule has 2 N–H and O–H groups in total. The van der Waals surface area contributed by atoms with Gasteiger partial charge in [0.1, 0.15) is 5.69 Å². The van der Waals surface area contributed by atoms with Gasteiger partial charge in [-0.05, 0) is 6.07 Å². The van der Waals surface area contributed by atoms with E-state index in [0.717, 1.165) is 11.1 Å². The van der Waals surface area contributed by atoms with E-state index in [1.54, 1.807) is 12.4 Å². The maximum atomic E-state index is 5.42. The first-order valence-electron chi connectivity index (χ1n) is 3.30. The second-order valence-corrected chi connectivity index (χ2v) is 2.21. The van der Waals surface area contributed by atoms with Gasteiger partial charge in [-0.3, -0.25) is 4.98 Å². The molecule has 0 spiro atoms. The average Bonchev–Trinajstić information content (AvgIpc) is 2.47. The van der Waals surface area contributed by atoms with E-state index in [0.29, 0.717) is 12.1 Å². The lowest BCUT2D eigenvalue weighted by molar-refractivity contribution is 0.446. The summed E-state index contributed by atoms with van der Waals surface area (Å²) in [6.07, 6.45) is 3.32. The molecule has 2 heterocycles. The summed E-state index contributed by atoms with van der Waals surface area (Å²) in [7, 11) is 0. The first-order chi connectivity index (χ1) is 5.42. The normalized spacial score (nSPS) is 10.6. The van der Waals surface area contributed by atoms with Crippen LogP contribution in [0.3, 0.4) is 0 Å². The molecule has 0 aliphatic carbocycles. The second-order valence-electron chi connectivity index (χ2n) is 2.21. The lowest BCUT2D eigenvalue weighted by Crippen LogP contribution is -1.96. The van der Waals surface area contributed by atoms with Gasteiger partial charge >= 0.3 is 0 Å². The molecular formula is C7H7N3O. The van der Waals surface area contributed by atoms with E-state index >= 15 is 0 Å². The van der Waals surface area contributed by atoms with E-state index in [-0.39, 0.29) is 0 Å². The van der Waals surface area contributed by atoms with Crippen molar-refractivity contribution in [2.75, 3.05) is 0 Å². The number of nitrogens with zero attached hydrogens (tertiary/aromatic N) is 2. The smallest absolute Gasteiger partial charge is 0.185 e. The summed E-state index contributed by atoms with van der Waals surface area (Å²) in [4.78, 5) is 3.89. The Labute approximate surface area is 63.0 Å². The Morgan fingerprint density at radius 2 is 2.45 bits per heavy atom. The van der Waals surface area contributed by atoms with Crippen LogP contribution in [-0.4, -0.2) is 10.1 Å². The van der Waals surface area contributed by atoms with Gasteiger partial charge in [-0.2, -0.15) is 0 Å². The third kappa shape index (κ3) is 0.877. The molecule has 0 aliphatic heterocycles. The fourth-order valence-electron chi connectivity index (χ4n) is 0.992. The molecule has 11 heavy (non-hydrogen) atoms. The third-order valence-electron chi connectivity index (χ3n) is 1.54. The van der Waals surface area contributed by atoms with Gasteiger partial charge in [0.2, 0.25) is 0 Å². The highest BCUT2D eigenvalue weighted by Crippen LogP contribution is 2.15. The zero-order valence-electron chi connectivity index (χ0n) is 5.82. The van der Waals surface area contributed by atoms with Gasteiger partial charge in [-0.1, -0.05) is 5.16 Å². The van der Waals surface area contributed by atoms with Gasteiger partial charge in [0, 0.05) is 18.1 Å². The van der Waals surface area contributed by atoms with Crippen LogP contribution in [0, 0.1) is 0 Å². The summed E-state index contributed by atoms with van der Waals surface area (Å²) < 4.78 is 4.95. The number of hydrogen-bond donors (Lipinski definition) is 1. The van der Waals surface area contributed by atoms with E-state index in [9.17, 15) is 0 Å². The highest BCUT2D eigenvalue weighted by molar-refractivity contribution is 5.77. The van der Waals surface area contributed by atoms with Crippen molar-refractivity contribution in [3.8, 4) is 0 Å².